The highest BCUT2D eigenvalue weighted by Crippen LogP contribution is 2.26. The highest BCUT2D eigenvalue weighted by molar-refractivity contribution is 5.95. The van der Waals surface area contributed by atoms with E-state index in [4.69, 9.17) is 10.5 Å². The molecule has 1 aliphatic carbocycles. The molecule has 0 atom stereocenters. The molecule has 0 spiro atoms. The Morgan fingerprint density at radius 2 is 2.05 bits per heavy atom. The maximum absolute atomic E-state index is 12.4. The summed E-state index contributed by atoms with van der Waals surface area (Å²) in [4.78, 5) is 14.2. The molecule has 0 aromatic heterocycles. The number of nitrogen functional groups attached to an aromatic ring is 1. The van der Waals surface area contributed by atoms with Crippen LogP contribution in [0.25, 0.3) is 0 Å². The third-order valence-corrected chi connectivity index (χ3v) is 4.08. The second kappa shape index (κ2) is 6.64. The SMILES string of the molecule is COc1cc(C(=O)N(C)CC2CCCCC2)ccc1N. The topological polar surface area (TPSA) is 55.6 Å². The van der Waals surface area contributed by atoms with Gasteiger partial charge in [-0.05, 0) is 37.0 Å². The fraction of sp³-hybridized carbons (Fsp3) is 0.562. The quantitative estimate of drug-likeness (QED) is 0.860. The fourth-order valence-electron chi connectivity index (χ4n) is 2.90. The van der Waals surface area contributed by atoms with Gasteiger partial charge in [0, 0.05) is 19.2 Å². The molecule has 1 aromatic carbocycles. The first-order valence-corrected chi connectivity index (χ1v) is 7.30. The van der Waals surface area contributed by atoms with E-state index >= 15 is 0 Å². The molecule has 2 rings (SSSR count). The molecule has 1 saturated carbocycles. The standard InChI is InChI=1S/C16H24N2O2/c1-18(11-12-6-4-3-5-7-12)16(19)13-8-9-14(17)15(10-13)20-2/h8-10,12H,3-7,11,17H2,1-2H3. The summed E-state index contributed by atoms with van der Waals surface area (Å²) in [5.74, 6) is 1.24. The van der Waals surface area contributed by atoms with Crippen LogP contribution >= 0.6 is 0 Å². The number of nitrogens with zero attached hydrogens (tertiary/aromatic N) is 1. The largest absolute Gasteiger partial charge is 0.495 e. The molecule has 0 unspecified atom stereocenters. The van der Waals surface area contributed by atoms with E-state index in [1.54, 1.807) is 25.3 Å². The molecule has 110 valence electrons. The zero-order valence-electron chi connectivity index (χ0n) is 12.4. The fourth-order valence-corrected chi connectivity index (χ4v) is 2.90. The molecule has 4 nitrogen and oxygen atoms in total. The van der Waals surface area contributed by atoms with Crippen LogP contribution in [0.15, 0.2) is 18.2 Å². The maximum Gasteiger partial charge on any atom is 0.253 e. The summed E-state index contributed by atoms with van der Waals surface area (Å²) < 4.78 is 5.17. The Morgan fingerprint density at radius 3 is 2.70 bits per heavy atom. The number of carbonyl (C=O) groups is 1. The number of hydrogen-bond donors (Lipinski definition) is 1. The van der Waals surface area contributed by atoms with E-state index in [0.29, 0.717) is 22.9 Å². The van der Waals surface area contributed by atoms with Crippen molar-refractivity contribution in [2.75, 3.05) is 26.4 Å². The van der Waals surface area contributed by atoms with Crippen molar-refractivity contribution >= 4 is 11.6 Å². The molecule has 1 aliphatic rings. The van der Waals surface area contributed by atoms with Gasteiger partial charge in [0.05, 0.1) is 12.8 Å². The molecule has 20 heavy (non-hydrogen) atoms. The normalized spacial score (nSPS) is 15.9. The number of anilines is 1. The Balaban J connectivity index is 2.02. The molecule has 1 amide bonds. The minimum absolute atomic E-state index is 0.0360. The van der Waals surface area contributed by atoms with Gasteiger partial charge in [-0.1, -0.05) is 19.3 Å². The van der Waals surface area contributed by atoms with Crippen molar-refractivity contribution in [2.24, 2.45) is 5.92 Å². The van der Waals surface area contributed by atoms with Crippen LogP contribution < -0.4 is 10.5 Å². The van der Waals surface area contributed by atoms with Crippen LogP contribution in [0.2, 0.25) is 0 Å². The molecule has 0 radical (unpaired) electrons. The minimum Gasteiger partial charge on any atom is -0.495 e. The van der Waals surface area contributed by atoms with E-state index in [2.05, 4.69) is 0 Å². The molecular formula is C16H24N2O2. The van der Waals surface area contributed by atoms with E-state index < -0.39 is 0 Å². The predicted octanol–water partition coefficient (Wildman–Crippen LogP) is 2.93. The molecule has 0 bridgehead atoms. The number of rotatable bonds is 4. The zero-order chi connectivity index (χ0) is 14.5. The van der Waals surface area contributed by atoms with E-state index in [9.17, 15) is 4.79 Å². The highest BCUT2D eigenvalue weighted by atomic mass is 16.5. The Hall–Kier alpha value is -1.71. The second-order valence-electron chi connectivity index (χ2n) is 5.65. The van der Waals surface area contributed by atoms with Gasteiger partial charge in [-0.2, -0.15) is 0 Å². The van der Waals surface area contributed by atoms with Crippen molar-refractivity contribution < 1.29 is 9.53 Å². The monoisotopic (exact) mass is 276 g/mol. The molecule has 4 heteroatoms. The van der Waals surface area contributed by atoms with Gasteiger partial charge in [0.15, 0.2) is 0 Å². The highest BCUT2D eigenvalue weighted by Gasteiger charge is 2.19. The first-order valence-electron chi connectivity index (χ1n) is 7.30. The van der Waals surface area contributed by atoms with Crippen molar-refractivity contribution in [1.82, 2.24) is 4.90 Å². The summed E-state index contributed by atoms with van der Waals surface area (Å²) >= 11 is 0. The van der Waals surface area contributed by atoms with E-state index in [1.807, 2.05) is 11.9 Å². The Morgan fingerprint density at radius 1 is 1.35 bits per heavy atom. The van der Waals surface area contributed by atoms with Crippen molar-refractivity contribution in [3.05, 3.63) is 23.8 Å². The second-order valence-corrected chi connectivity index (χ2v) is 5.65. The number of hydrogen-bond acceptors (Lipinski definition) is 3. The number of benzene rings is 1. The minimum atomic E-state index is 0.0360. The van der Waals surface area contributed by atoms with Crippen molar-refractivity contribution in [2.45, 2.75) is 32.1 Å². The van der Waals surface area contributed by atoms with Crippen molar-refractivity contribution in [3.63, 3.8) is 0 Å². The summed E-state index contributed by atoms with van der Waals surface area (Å²) in [6.07, 6.45) is 6.40. The van der Waals surface area contributed by atoms with Crippen LogP contribution in [0, 0.1) is 5.92 Å². The summed E-state index contributed by atoms with van der Waals surface area (Å²) in [6.45, 7) is 0.839. The molecule has 0 saturated heterocycles. The average Bonchev–Trinajstić information content (AvgIpc) is 2.48. The van der Waals surface area contributed by atoms with Crippen molar-refractivity contribution in [1.29, 1.82) is 0 Å². The van der Waals surface area contributed by atoms with E-state index in [1.165, 1.54) is 32.1 Å². The van der Waals surface area contributed by atoms with Gasteiger partial charge in [-0.15, -0.1) is 0 Å². The first kappa shape index (κ1) is 14.7. The number of carbonyl (C=O) groups excluding carboxylic acids is 1. The van der Waals surface area contributed by atoms with Crippen LogP contribution in [-0.4, -0.2) is 31.5 Å². The summed E-state index contributed by atoms with van der Waals surface area (Å²) in [5, 5.41) is 0. The Kier molecular flexibility index (Phi) is 4.88. The van der Waals surface area contributed by atoms with Crippen LogP contribution in [-0.2, 0) is 0 Å². The summed E-state index contributed by atoms with van der Waals surface area (Å²) in [5.41, 5.74) is 6.96. The van der Waals surface area contributed by atoms with Crippen LogP contribution in [0.3, 0.4) is 0 Å². The third kappa shape index (κ3) is 3.44. The van der Waals surface area contributed by atoms with Gasteiger partial charge >= 0.3 is 0 Å². The van der Waals surface area contributed by atoms with E-state index in [-0.39, 0.29) is 5.91 Å². The van der Waals surface area contributed by atoms with E-state index in [0.717, 1.165) is 6.54 Å². The van der Waals surface area contributed by atoms with Crippen molar-refractivity contribution in [3.8, 4) is 5.75 Å². The molecule has 2 N–H and O–H groups in total. The lowest BCUT2D eigenvalue weighted by atomic mass is 9.89. The number of nitrogens with two attached hydrogens (primary N) is 1. The lowest BCUT2D eigenvalue weighted by Crippen LogP contribution is -2.32. The lowest BCUT2D eigenvalue weighted by molar-refractivity contribution is 0.0760. The first-order chi connectivity index (χ1) is 9.61. The Labute approximate surface area is 120 Å². The van der Waals surface area contributed by atoms with Crippen LogP contribution in [0.5, 0.6) is 5.75 Å². The van der Waals surface area contributed by atoms with Crippen LogP contribution in [0.4, 0.5) is 5.69 Å². The lowest BCUT2D eigenvalue weighted by Gasteiger charge is -2.27. The average molecular weight is 276 g/mol. The molecule has 0 heterocycles. The molecular weight excluding hydrogens is 252 g/mol. The predicted molar refractivity (Wildman–Crippen MR) is 80.9 cm³/mol. The summed E-state index contributed by atoms with van der Waals surface area (Å²) in [6, 6.07) is 5.20. The van der Waals surface area contributed by atoms with Gasteiger partial charge in [0.2, 0.25) is 0 Å². The van der Waals surface area contributed by atoms with Gasteiger partial charge in [0.1, 0.15) is 5.75 Å². The van der Waals surface area contributed by atoms with Crippen LogP contribution in [0.1, 0.15) is 42.5 Å². The smallest absolute Gasteiger partial charge is 0.253 e. The molecule has 1 fully saturated rings. The van der Waals surface area contributed by atoms with Gasteiger partial charge in [-0.3, -0.25) is 4.79 Å². The number of ether oxygens (including phenoxy) is 1. The molecule has 1 aromatic rings. The zero-order valence-corrected chi connectivity index (χ0v) is 12.4. The number of methoxy groups -OCH3 is 1. The number of amides is 1. The van der Waals surface area contributed by atoms with Gasteiger partial charge in [-0.25, -0.2) is 0 Å². The van der Waals surface area contributed by atoms with Gasteiger partial charge in [0.25, 0.3) is 5.91 Å². The van der Waals surface area contributed by atoms with Gasteiger partial charge < -0.3 is 15.4 Å². The third-order valence-electron chi connectivity index (χ3n) is 4.08. The molecule has 0 aliphatic heterocycles. The maximum atomic E-state index is 12.4. The summed E-state index contributed by atoms with van der Waals surface area (Å²) in [7, 11) is 3.44. The Bertz CT molecular complexity index is 468.